The summed E-state index contributed by atoms with van der Waals surface area (Å²) in [5.41, 5.74) is 0. The summed E-state index contributed by atoms with van der Waals surface area (Å²) in [6.45, 7) is -3.45. The predicted octanol–water partition coefficient (Wildman–Crippen LogP) is -19.7. The Hall–Kier alpha value is -2.00. The van der Waals surface area contributed by atoms with E-state index in [0.717, 1.165) is 0 Å². The minimum absolute atomic E-state index is 0. The molecule has 0 aromatic heterocycles. The quantitative estimate of drug-likeness (QED) is 0.0504. The van der Waals surface area contributed by atoms with Crippen LogP contribution in [0.15, 0.2) is 0 Å². The number of carboxylic acids is 4. The molecule has 20 N–H and O–H groups in total. The van der Waals surface area contributed by atoms with Gasteiger partial charge in [0.1, 0.15) is 97.7 Å². The summed E-state index contributed by atoms with van der Waals surface area (Å²) >= 11 is 0. The summed E-state index contributed by atoms with van der Waals surface area (Å²) in [5.74, 6) is -7.90. The maximum Gasteiger partial charge on any atom is 0.122 e. The second-order valence-corrected chi connectivity index (χ2v) is 9.98. The van der Waals surface area contributed by atoms with Crippen LogP contribution < -0.4 is 20.4 Å². The molecule has 0 saturated carbocycles. The van der Waals surface area contributed by atoms with Crippen molar-refractivity contribution < 1.29 is 142 Å². The molecular formula is C24H44O28Pb-4. The van der Waals surface area contributed by atoms with Crippen LogP contribution in [-0.4, -0.2) is 277 Å². The van der Waals surface area contributed by atoms with Crippen LogP contribution in [0.1, 0.15) is 0 Å². The van der Waals surface area contributed by atoms with Crippen molar-refractivity contribution in [3.8, 4) is 0 Å². The van der Waals surface area contributed by atoms with Gasteiger partial charge >= 0.3 is 0 Å². The first-order valence-corrected chi connectivity index (χ1v) is 13.8. The molecule has 0 heterocycles. The van der Waals surface area contributed by atoms with Gasteiger partial charge in [0.05, 0.1) is 50.3 Å². The third kappa shape index (κ3) is 23.5. The van der Waals surface area contributed by atoms with Crippen LogP contribution in [0.4, 0.5) is 0 Å². The summed E-state index contributed by atoms with van der Waals surface area (Å²) < 4.78 is 0. The molecule has 0 bridgehead atoms. The van der Waals surface area contributed by atoms with E-state index in [0.29, 0.717) is 0 Å². The Balaban J connectivity index is -0.000000192. The van der Waals surface area contributed by atoms with Crippen molar-refractivity contribution in [1.82, 2.24) is 0 Å². The molecule has 0 aliphatic heterocycles. The fourth-order valence-corrected chi connectivity index (χ4v) is 2.65. The Morgan fingerprint density at radius 1 is 0.302 bits per heavy atom. The van der Waals surface area contributed by atoms with Gasteiger partial charge in [-0.05, 0) is 0 Å². The number of aliphatic carboxylic acids is 4. The van der Waals surface area contributed by atoms with Crippen molar-refractivity contribution in [2.24, 2.45) is 0 Å². The summed E-state index contributed by atoms with van der Waals surface area (Å²) in [5, 5.41) is 214. The zero-order chi connectivity index (χ0) is 42.4. The third-order valence-electron chi connectivity index (χ3n) is 5.98. The number of aliphatic hydroxyl groups is 20. The van der Waals surface area contributed by atoms with Crippen LogP contribution >= 0.6 is 0 Å². The Morgan fingerprint density at radius 3 is 0.491 bits per heavy atom. The van der Waals surface area contributed by atoms with E-state index >= 15 is 0 Å². The molecule has 0 fully saturated rings. The molecule has 0 aromatic rings. The number of carbonyl (C=O) groups excluding carboxylic acids is 4. The van der Waals surface area contributed by atoms with Crippen molar-refractivity contribution in [2.45, 2.75) is 97.7 Å². The summed E-state index contributed by atoms with van der Waals surface area (Å²) in [7, 11) is 0. The summed E-state index contributed by atoms with van der Waals surface area (Å²) in [6.07, 6.45) is -32.3. The Labute approximate surface area is 316 Å². The molecule has 28 nitrogen and oxygen atoms in total. The molecular weight excluding hydrogens is 943 g/mol. The van der Waals surface area contributed by atoms with Gasteiger partial charge in [-0.3, -0.25) is 0 Å². The van der Waals surface area contributed by atoms with E-state index in [1.54, 1.807) is 0 Å². The van der Waals surface area contributed by atoms with Crippen molar-refractivity contribution in [2.75, 3.05) is 26.4 Å². The third-order valence-corrected chi connectivity index (χ3v) is 5.98. The molecule has 0 spiro atoms. The van der Waals surface area contributed by atoms with Crippen molar-refractivity contribution in [1.29, 1.82) is 0 Å². The maximum absolute atomic E-state index is 9.98. The molecule has 0 aromatic carbocycles. The minimum atomic E-state index is -2.31. The number of hydrogen-bond acceptors (Lipinski definition) is 28. The molecule has 316 valence electrons. The Morgan fingerprint density at radius 2 is 0.415 bits per heavy atom. The molecule has 53 heavy (non-hydrogen) atoms. The Kier molecular flexibility index (Phi) is 35.5. The molecule has 4 radical (unpaired) electrons. The first-order valence-electron chi connectivity index (χ1n) is 13.8. The van der Waals surface area contributed by atoms with Gasteiger partial charge in [-0.1, -0.05) is 0 Å². The number of carboxylic acid groups (broad SMARTS) is 4. The minimum Gasteiger partial charge on any atom is -0.547 e. The van der Waals surface area contributed by atoms with E-state index in [4.69, 9.17) is 102 Å². The molecule has 0 aliphatic rings. The molecule has 0 aliphatic carbocycles. The largest absolute Gasteiger partial charge is 0.547 e. The zero-order valence-corrected chi connectivity index (χ0v) is 30.7. The van der Waals surface area contributed by atoms with E-state index in [-0.39, 0.29) is 27.3 Å². The number of rotatable bonds is 20. The van der Waals surface area contributed by atoms with Crippen molar-refractivity contribution >= 4 is 51.2 Å². The van der Waals surface area contributed by atoms with E-state index in [2.05, 4.69) is 0 Å². The van der Waals surface area contributed by atoms with Crippen LogP contribution in [-0.2, 0) is 19.2 Å². The average Bonchev–Trinajstić information content (AvgIpc) is 3.12. The number of aliphatic hydroxyl groups excluding tert-OH is 20. The maximum atomic E-state index is 9.98. The van der Waals surface area contributed by atoms with Gasteiger partial charge in [-0.15, -0.1) is 0 Å². The van der Waals surface area contributed by atoms with Crippen LogP contribution in [0.3, 0.4) is 0 Å². The fraction of sp³-hybridized carbons (Fsp3) is 0.833. The molecule has 0 unspecified atom stereocenters. The molecule has 0 amide bonds. The molecule has 16 atom stereocenters. The van der Waals surface area contributed by atoms with Crippen molar-refractivity contribution in [3.05, 3.63) is 0 Å². The fourth-order valence-electron chi connectivity index (χ4n) is 2.65. The summed E-state index contributed by atoms with van der Waals surface area (Å²) in [6, 6.07) is 0. The van der Waals surface area contributed by atoms with Gasteiger partial charge < -0.3 is 142 Å². The molecule has 0 rings (SSSR count). The second kappa shape index (κ2) is 31.2. The Bertz CT molecular complexity index is 841. The van der Waals surface area contributed by atoms with Gasteiger partial charge in [-0.25, -0.2) is 0 Å². The molecule has 29 heteroatoms. The SMILES string of the molecule is O=C([O-])[C@H](O)[C@@H](O)[C@H](O)[C@H](O)CO.O=C([O-])[C@H](O)[C@@H](O)[C@H](O)[C@H](O)CO.O=C([O-])[C@H](O)[C@@H](O)[C@H](O)[C@H](O)CO.O=C([O-])[C@H](O)[C@@H](O)[C@H](O)[C@H](O)CO.[Pb]. The topological polar surface area (TPSA) is 565 Å². The average molecular weight is 988 g/mol. The standard InChI is InChI=1S/4C6H12O7.Pb/c4*7-1-2(8)3(9)4(10)5(11)6(12)13;/h4*2-5,7-11H,1H2,(H,12,13);/p-4/t4*2-,3-,4+,5-;/m1111./s1. The van der Waals surface area contributed by atoms with E-state index in [1.165, 1.54) is 0 Å². The van der Waals surface area contributed by atoms with Gasteiger partial charge in [0.2, 0.25) is 0 Å². The zero-order valence-electron chi connectivity index (χ0n) is 26.8. The van der Waals surface area contributed by atoms with Crippen molar-refractivity contribution in [3.63, 3.8) is 0 Å². The predicted molar refractivity (Wildman–Crippen MR) is 150 cm³/mol. The van der Waals surface area contributed by atoms with E-state index in [1.807, 2.05) is 0 Å². The smallest absolute Gasteiger partial charge is 0.122 e. The normalized spacial score (nSPS) is 20.0. The second-order valence-electron chi connectivity index (χ2n) is 9.98. The van der Waals surface area contributed by atoms with Crippen LogP contribution in [0, 0.1) is 0 Å². The first-order chi connectivity index (χ1) is 23.7. The number of hydrogen-bond donors (Lipinski definition) is 20. The van der Waals surface area contributed by atoms with Gasteiger partial charge in [0.15, 0.2) is 0 Å². The summed E-state index contributed by atoms with van der Waals surface area (Å²) in [4.78, 5) is 39.9. The van der Waals surface area contributed by atoms with Crippen LogP contribution in [0.25, 0.3) is 0 Å². The van der Waals surface area contributed by atoms with Crippen LogP contribution in [0.2, 0.25) is 0 Å². The molecule has 0 saturated heterocycles. The monoisotopic (exact) mass is 988 g/mol. The van der Waals surface area contributed by atoms with Gasteiger partial charge in [-0.2, -0.15) is 0 Å². The number of carbonyl (C=O) groups is 4. The van der Waals surface area contributed by atoms with Gasteiger partial charge in [0, 0.05) is 27.3 Å². The van der Waals surface area contributed by atoms with E-state index in [9.17, 15) is 39.6 Å². The van der Waals surface area contributed by atoms with Gasteiger partial charge in [0.25, 0.3) is 0 Å². The van der Waals surface area contributed by atoms with Crippen LogP contribution in [0.5, 0.6) is 0 Å². The first kappa shape index (κ1) is 60.3. The van der Waals surface area contributed by atoms with E-state index < -0.39 is 148 Å².